The van der Waals surface area contributed by atoms with Gasteiger partial charge in [0.25, 0.3) is 0 Å². The average Bonchev–Trinajstić information content (AvgIpc) is 3.30. The molecule has 11 heteroatoms. The molecule has 0 atom stereocenters. The second kappa shape index (κ2) is 10.6. The van der Waals surface area contributed by atoms with Crippen molar-refractivity contribution in [2.24, 2.45) is 0 Å². The second-order valence-electron chi connectivity index (χ2n) is 9.01. The van der Waals surface area contributed by atoms with Crippen LogP contribution < -0.4 is 16.0 Å². The van der Waals surface area contributed by atoms with Gasteiger partial charge < -0.3 is 14.6 Å². The minimum atomic E-state index is -0.454. The summed E-state index contributed by atoms with van der Waals surface area (Å²) >= 11 is 0. The molecule has 1 aliphatic heterocycles. The molecule has 0 aromatic carbocycles. The molecule has 0 radical (unpaired) electrons. The summed E-state index contributed by atoms with van der Waals surface area (Å²) in [6.07, 6.45) is 5.16. The van der Waals surface area contributed by atoms with Gasteiger partial charge in [-0.15, -0.1) is 0 Å². The summed E-state index contributed by atoms with van der Waals surface area (Å²) in [5.74, 6) is 2.02. The Morgan fingerprint density at radius 1 is 1.00 bits per heavy atom. The van der Waals surface area contributed by atoms with Crippen LogP contribution in [0.25, 0.3) is 11.1 Å². The highest BCUT2D eigenvalue weighted by Gasteiger charge is 2.20. The molecule has 0 spiro atoms. The van der Waals surface area contributed by atoms with Crippen molar-refractivity contribution < 1.29 is 14.1 Å². The number of nitrogens with zero attached hydrogens (tertiary/aromatic N) is 5. The smallest absolute Gasteiger partial charge is 0.326 e. The lowest BCUT2D eigenvalue weighted by Gasteiger charge is -2.26. The van der Waals surface area contributed by atoms with E-state index >= 15 is 0 Å². The third-order valence-electron chi connectivity index (χ3n) is 5.30. The van der Waals surface area contributed by atoms with Gasteiger partial charge in [0, 0.05) is 67.4 Å². The van der Waals surface area contributed by atoms with Crippen molar-refractivity contribution in [3.63, 3.8) is 0 Å². The fourth-order valence-electron chi connectivity index (χ4n) is 3.31. The number of nitrogens with one attached hydrogen (secondary N) is 3. The van der Waals surface area contributed by atoms with Crippen molar-refractivity contribution in [1.29, 1.82) is 0 Å². The van der Waals surface area contributed by atoms with E-state index in [4.69, 9.17) is 9.26 Å². The molecule has 3 aromatic rings. The third-order valence-corrected chi connectivity index (χ3v) is 5.30. The van der Waals surface area contributed by atoms with Crippen LogP contribution in [-0.4, -0.2) is 70.4 Å². The van der Waals surface area contributed by atoms with Crippen molar-refractivity contribution >= 4 is 23.6 Å². The lowest BCUT2D eigenvalue weighted by Crippen LogP contribution is -2.39. The number of pyridine rings is 1. The maximum Gasteiger partial charge on any atom is 0.326 e. The summed E-state index contributed by atoms with van der Waals surface area (Å²) in [5, 5.41) is 12.4. The fourth-order valence-corrected chi connectivity index (χ4v) is 3.31. The summed E-state index contributed by atoms with van der Waals surface area (Å²) in [6, 6.07) is 4.81. The molecule has 1 fully saturated rings. The van der Waals surface area contributed by atoms with E-state index in [1.807, 2.05) is 26.8 Å². The number of hydrogen-bond acceptors (Lipinski definition) is 9. The standard InChI is InChI=1S/C23H30N8O3/c1-23(2,3)18-12-20(30-34-18)29-22(32)28-19-5-4-16(13-25-19)17-14-26-21(27-15-17)24-6-7-31-8-10-33-11-9-31/h4-5,12-15H,6-11H2,1-3H3,(H,24,26,27)(H2,25,28,29,30,32). The Bertz CT molecular complexity index is 1070. The first-order chi connectivity index (χ1) is 16.4. The van der Waals surface area contributed by atoms with Gasteiger partial charge in [-0.05, 0) is 12.1 Å². The molecular weight excluding hydrogens is 436 g/mol. The Morgan fingerprint density at radius 2 is 1.71 bits per heavy atom. The molecule has 1 saturated heterocycles. The SMILES string of the molecule is CC(C)(C)c1cc(NC(=O)Nc2ccc(-c3cnc(NCCN4CCOCC4)nc3)cn2)no1. The van der Waals surface area contributed by atoms with Crippen LogP contribution in [0.4, 0.5) is 22.4 Å². The molecule has 4 heterocycles. The Morgan fingerprint density at radius 3 is 2.35 bits per heavy atom. The predicted octanol–water partition coefficient (Wildman–Crippen LogP) is 3.21. The Labute approximate surface area is 198 Å². The van der Waals surface area contributed by atoms with Crippen molar-refractivity contribution in [3.05, 3.63) is 42.5 Å². The van der Waals surface area contributed by atoms with Gasteiger partial charge in [-0.25, -0.2) is 19.7 Å². The van der Waals surface area contributed by atoms with E-state index in [2.05, 4.69) is 41.0 Å². The number of morpholine rings is 1. The highest BCUT2D eigenvalue weighted by Crippen LogP contribution is 2.24. The summed E-state index contributed by atoms with van der Waals surface area (Å²) < 4.78 is 10.6. The van der Waals surface area contributed by atoms with Crippen LogP contribution in [-0.2, 0) is 10.2 Å². The summed E-state index contributed by atoms with van der Waals surface area (Å²) in [4.78, 5) is 27.7. The summed E-state index contributed by atoms with van der Waals surface area (Å²) in [7, 11) is 0. The van der Waals surface area contributed by atoms with Crippen LogP contribution in [0.2, 0.25) is 0 Å². The molecule has 2 amide bonds. The first-order valence-corrected chi connectivity index (χ1v) is 11.2. The molecule has 1 aliphatic rings. The quantitative estimate of drug-likeness (QED) is 0.480. The van der Waals surface area contributed by atoms with E-state index in [9.17, 15) is 4.79 Å². The van der Waals surface area contributed by atoms with Crippen LogP contribution >= 0.6 is 0 Å². The van der Waals surface area contributed by atoms with Crippen LogP contribution in [0, 0.1) is 0 Å². The molecule has 0 unspecified atom stereocenters. The van der Waals surface area contributed by atoms with Crippen LogP contribution in [0.1, 0.15) is 26.5 Å². The molecule has 4 rings (SSSR count). The highest BCUT2D eigenvalue weighted by atomic mass is 16.5. The zero-order valence-corrected chi connectivity index (χ0v) is 19.7. The van der Waals surface area contributed by atoms with Gasteiger partial charge in [0.05, 0.1) is 13.2 Å². The largest absolute Gasteiger partial charge is 0.379 e. The number of aromatic nitrogens is 4. The second-order valence-corrected chi connectivity index (χ2v) is 9.01. The highest BCUT2D eigenvalue weighted by molar-refractivity contribution is 5.98. The fraction of sp³-hybridized carbons (Fsp3) is 0.435. The number of amides is 2. The molecule has 11 nitrogen and oxygen atoms in total. The van der Waals surface area contributed by atoms with Gasteiger partial charge in [-0.1, -0.05) is 25.9 Å². The number of carbonyl (C=O) groups excluding carboxylic acids is 1. The lowest BCUT2D eigenvalue weighted by atomic mass is 9.93. The Hall–Kier alpha value is -3.57. The lowest BCUT2D eigenvalue weighted by molar-refractivity contribution is 0.0398. The van der Waals surface area contributed by atoms with Crippen LogP contribution in [0.3, 0.4) is 0 Å². The van der Waals surface area contributed by atoms with E-state index in [1.54, 1.807) is 30.7 Å². The normalized spacial score (nSPS) is 14.6. The van der Waals surface area contributed by atoms with E-state index in [0.717, 1.165) is 50.5 Å². The van der Waals surface area contributed by atoms with Crippen molar-refractivity contribution in [2.45, 2.75) is 26.2 Å². The summed E-state index contributed by atoms with van der Waals surface area (Å²) in [6.45, 7) is 11.2. The molecule has 34 heavy (non-hydrogen) atoms. The van der Waals surface area contributed by atoms with E-state index in [1.165, 1.54) is 0 Å². The Kier molecular flexibility index (Phi) is 7.33. The number of rotatable bonds is 7. The average molecular weight is 467 g/mol. The maximum atomic E-state index is 12.2. The van der Waals surface area contributed by atoms with Gasteiger partial charge >= 0.3 is 6.03 Å². The van der Waals surface area contributed by atoms with Crippen molar-refractivity contribution in [1.82, 2.24) is 25.0 Å². The van der Waals surface area contributed by atoms with Gasteiger partial charge in [0.2, 0.25) is 5.95 Å². The third kappa shape index (κ3) is 6.49. The number of urea groups is 1. The number of ether oxygens (including phenoxy) is 1. The molecule has 0 aliphatic carbocycles. The zero-order valence-electron chi connectivity index (χ0n) is 19.7. The molecule has 0 bridgehead atoms. The summed E-state index contributed by atoms with van der Waals surface area (Å²) in [5.41, 5.74) is 1.48. The van der Waals surface area contributed by atoms with Gasteiger partial charge in [0.1, 0.15) is 11.6 Å². The minimum absolute atomic E-state index is 0.193. The topological polar surface area (TPSA) is 130 Å². The predicted molar refractivity (Wildman–Crippen MR) is 129 cm³/mol. The first kappa shape index (κ1) is 23.6. The molecule has 0 saturated carbocycles. The molecular formula is C23H30N8O3. The number of carbonyl (C=O) groups is 1. The molecule has 3 N–H and O–H groups in total. The van der Waals surface area contributed by atoms with Crippen molar-refractivity contribution in [3.8, 4) is 11.1 Å². The van der Waals surface area contributed by atoms with E-state index < -0.39 is 6.03 Å². The maximum absolute atomic E-state index is 12.2. The van der Waals surface area contributed by atoms with Crippen LogP contribution in [0.15, 0.2) is 41.3 Å². The van der Waals surface area contributed by atoms with Gasteiger partial charge in [-0.2, -0.15) is 0 Å². The number of anilines is 3. The van der Waals surface area contributed by atoms with Crippen molar-refractivity contribution in [2.75, 3.05) is 55.3 Å². The first-order valence-electron chi connectivity index (χ1n) is 11.2. The number of hydrogen-bond donors (Lipinski definition) is 3. The van der Waals surface area contributed by atoms with E-state index in [0.29, 0.717) is 23.3 Å². The van der Waals surface area contributed by atoms with Gasteiger partial charge in [0.15, 0.2) is 5.82 Å². The minimum Gasteiger partial charge on any atom is -0.379 e. The van der Waals surface area contributed by atoms with E-state index in [-0.39, 0.29) is 5.41 Å². The Balaban J connectivity index is 1.26. The monoisotopic (exact) mass is 466 g/mol. The molecule has 3 aromatic heterocycles. The van der Waals surface area contributed by atoms with Gasteiger partial charge in [-0.3, -0.25) is 15.5 Å². The van der Waals surface area contributed by atoms with Crippen LogP contribution in [0.5, 0.6) is 0 Å². The molecule has 180 valence electrons. The zero-order chi connectivity index (χ0) is 24.0.